The summed E-state index contributed by atoms with van der Waals surface area (Å²) in [6.07, 6.45) is 5.46. The van der Waals surface area contributed by atoms with Crippen molar-refractivity contribution < 1.29 is 5.11 Å². The molecule has 2 rings (SSSR count). The second-order valence-electron chi connectivity index (χ2n) is 3.73. The zero-order valence-electron chi connectivity index (χ0n) is 7.73. The maximum Gasteiger partial charge on any atom is 0.0786 e. The van der Waals surface area contributed by atoms with Crippen molar-refractivity contribution in [3.8, 4) is 0 Å². The van der Waals surface area contributed by atoms with Crippen molar-refractivity contribution >= 4 is 11.8 Å². The second-order valence-corrected chi connectivity index (χ2v) is 4.83. The lowest BCUT2D eigenvalue weighted by Crippen LogP contribution is -2.30. The molecule has 1 aromatic heterocycles. The highest BCUT2D eigenvalue weighted by Crippen LogP contribution is 2.30. The molecule has 72 valence electrons. The molecular weight excluding hydrogens is 184 g/mol. The minimum Gasteiger partial charge on any atom is -0.389 e. The van der Waals surface area contributed by atoms with Gasteiger partial charge in [-0.25, -0.2) is 0 Å². The molecule has 1 fully saturated rings. The van der Waals surface area contributed by atoms with Crippen LogP contribution in [-0.2, 0) is 13.5 Å². The zero-order chi connectivity index (χ0) is 9.31. The van der Waals surface area contributed by atoms with Gasteiger partial charge in [0.2, 0.25) is 0 Å². The average molecular weight is 198 g/mol. The molecule has 1 unspecified atom stereocenters. The highest BCUT2D eigenvalue weighted by atomic mass is 32.2. The van der Waals surface area contributed by atoms with Crippen LogP contribution in [0.5, 0.6) is 0 Å². The van der Waals surface area contributed by atoms with Gasteiger partial charge in [-0.3, -0.25) is 4.68 Å². The fraction of sp³-hybridized carbons (Fsp3) is 0.667. The van der Waals surface area contributed by atoms with Gasteiger partial charge in [-0.05, 0) is 17.7 Å². The number of aromatic nitrogens is 2. The number of aryl methyl sites for hydroxylation is 1. The lowest BCUT2D eigenvalue weighted by molar-refractivity contribution is 0.0686. The van der Waals surface area contributed by atoms with Crippen molar-refractivity contribution in [1.29, 1.82) is 0 Å². The van der Waals surface area contributed by atoms with Gasteiger partial charge in [0.05, 0.1) is 11.8 Å². The SMILES string of the molecule is Cn1cc(CC2(O)CCSC2)cn1. The predicted molar refractivity (Wildman–Crippen MR) is 53.8 cm³/mol. The van der Waals surface area contributed by atoms with Crippen LogP contribution in [0.3, 0.4) is 0 Å². The van der Waals surface area contributed by atoms with E-state index in [1.54, 1.807) is 4.68 Å². The number of nitrogens with zero attached hydrogens (tertiary/aromatic N) is 2. The molecule has 0 saturated carbocycles. The Morgan fingerprint density at radius 1 is 1.77 bits per heavy atom. The van der Waals surface area contributed by atoms with Gasteiger partial charge in [0, 0.05) is 25.4 Å². The summed E-state index contributed by atoms with van der Waals surface area (Å²) in [6.45, 7) is 0. The van der Waals surface area contributed by atoms with Crippen LogP contribution in [0.25, 0.3) is 0 Å². The molecule has 0 aliphatic carbocycles. The van der Waals surface area contributed by atoms with Crippen molar-refractivity contribution in [2.75, 3.05) is 11.5 Å². The summed E-state index contributed by atoms with van der Waals surface area (Å²) < 4.78 is 1.78. The Bertz CT molecular complexity index is 292. The zero-order valence-corrected chi connectivity index (χ0v) is 8.55. The van der Waals surface area contributed by atoms with E-state index in [1.807, 2.05) is 31.2 Å². The molecule has 1 saturated heterocycles. The Kier molecular flexibility index (Phi) is 2.34. The molecule has 4 heteroatoms. The van der Waals surface area contributed by atoms with E-state index < -0.39 is 5.60 Å². The largest absolute Gasteiger partial charge is 0.389 e. The minimum absolute atomic E-state index is 0.478. The predicted octanol–water partition coefficient (Wildman–Crippen LogP) is 0.831. The van der Waals surface area contributed by atoms with Gasteiger partial charge < -0.3 is 5.11 Å². The molecule has 1 aliphatic heterocycles. The lowest BCUT2D eigenvalue weighted by atomic mass is 9.96. The molecule has 3 nitrogen and oxygen atoms in total. The van der Waals surface area contributed by atoms with E-state index in [2.05, 4.69) is 5.10 Å². The standard InChI is InChI=1S/C9H14N2OS/c1-11-6-8(5-10-11)4-9(12)2-3-13-7-9/h5-6,12H,2-4,7H2,1H3. The van der Waals surface area contributed by atoms with E-state index in [1.165, 1.54) is 0 Å². The third-order valence-corrected chi connectivity index (χ3v) is 3.61. The Labute approximate surface area is 82.1 Å². The molecule has 1 aliphatic rings. The summed E-state index contributed by atoms with van der Waals surface area (Å²) in [4.78, 5) is 0. The maximum atomic E-state index is 10.1. The van der Waals surface area contributed by atoms with Crippen LogP contribution in [0.4, 0.5) is 0 Å². The third-order valence-electron chi connectivity index (χ3n) is 2.37. The molecule has 2 heterocycles. The van der Waals surface area contributed by atoms with E-state index in [0.717, 1.165) is 29.9 Å². The highest BCUT2D eigenvalue weighted by Gasteiger charge is 2.31. The summed E-state index contributed by atoms with van der Waals surface area (Å²) in [7, 11) is 1.90. The van der Waals surface area contributed by atoms with Gasteiger partial charge in [-0.2, -0.15) is 16.9 Å². The normalized spacial score (nSPS) is 28.2. The summed E-state index contributed by atoms with van der Waals surface area (Å²) in [5.74, 6) is 1.94. The Hall–Kier alpha value is -0.480. The Morgan fingerprint density at radius 3 is 3.15 bits per heavy atom. The van der Waals surface area contributed by atoms with Gasteiger partial charge in [-0.15, -0.1) is 0 Å². The molecule has 13 heavy (non-hydrogen) atoms. The smallest absolute Gasteiger partial charge is 0.0786 e. The van der Waals surface area contributed by atoms with E-state index >= 15 is 0 Å². The van der Waals surface area contributed by atoms with Crippen LogP contribution in [0.2, 0.25) is 0 Å². The van der Waals surface area contributed by atoms with E-state index in [-0.39, 0.29) is 0 Å². The van der Waals surface area contributed by atoms with Gasteiger partial charge >= 0.3 is 0 Å². The van der Waals surface area contributed by atoms with Crippen molar-refractivity contribution in [1.82, 2.24) is 9.78 Å². The number of rotatable bonds is 2. The topological polar surface area (TPSA) is 38.0 Å². The van der Waals surface area contributed by atoms with Crippen LogP contribution in [-0.4, -0.2) is 32.0 Å². The molecule has 1 N–H and O–H groups in total. The molecule has 0 bridgehead atoms. The fourth-order valence-corrected chi connectivity index (χ4v) is 2.97. The number of aliphatic hydroxyl groups is 1. The summed E-state index contributed by atoms with van der Waals surface area (Å²) in [6, 6.07) is 0. The first-order valence-electron chi connectivity index (χ1n) is 4.46. The van der Waals surface area contributed by atoms with Gasteiger partial charge in [-0.1, -0.05) is 0 Å². The van der Waals surface area contributed by atoms with Crippen molar-refractivity contribution in [2.24, 2.45) is 7.05 Å². The van der Waals surface area contributed by atoms with Crippen molar-refractivity contribution in [3.05, 3.63) is 18.0 Å². The van der Waals surface area contributed by atoms with Gasteiger partial charge in [0.1, 0.15) is 0 Å². The Balaban J connectivity index is 2.04. The Morgan fingerprint density at radius 2 is 2.62 bits per heavy atom. The summed E-state index contributed by atoms with van der Waals surface area (Å²) in [5.41, 5.74) is 0.653. The van der Waals surface area contributed by atoms with Crippen LogP contribution < -0.4 is 0 Å². The molecule has 0 spiro atoms. The van der Waals surface area contributed by atoms with Gasteiger partial charge in [0.15, 0.2) is 0 Å². The van der Waals surface area contributed by atoms with E-state index in [0.29, 0.717) is 0 Å². The number of hydrogen-bond acceptors (Lipinski definition) is 3. The monoisotopic (exact) mass is 198 g/mol. The first kappa shape index (κ1) is 9.09. The molecule has 0 radical (unpaired) electrons. The third kappa shape index (κ3) is 2.06. The molecule has 0 amide bonds. The quantitative estimate of drug-likeness (QED) is 0.765. The van der Waals surface area contributed by atoms with Crippen molar-refractivity contribution in [2.45, 2.75) is 18.4 Å². The molecule has 1 aromatic rings. The summed E-state index contributed by atoms with van der Waals surface area (Å²) in [5, 5.41) is 14.2. The molecule has 0 aromatic carbocycles. The van der Waals surface area contributed by atoms with Crippen molar-refractivity contribution in [3.63, 3.8) is 0 Å². The van der Waals surface area contributed by atoms with Crippen LogP contribution in [0, 0.1) is 0 Å². The average Bonchev–Trinajstić information content (AvgIpc) is 2.62. The number of hydrogen-bond donors (Lipinski definition) is 1. The first-order chi connectivity index (χ1) is 6.18. The highest BCUT2D eigenvalue weighted by molar-refractivity contribution is 7.99. The van der Waals surface area contributed by atoms with Crippen LogP contribution in [0.15, 0.2) is 12.4 Å². The van der Waals surface area contributed by atoms with E-state index in [9.17, 15) is 5.11 Å². The fourth-order valence-electron chi connectivity index (χ4n) is 1.68. The minimum atomic E-state index is -0.478. The van der Waals surface area contributed by atoms with Crippen LogP contribution >= 0.6 is 11.8 Å². The van der Waals surface area contributed by atoms with E-state index in [4.69, 9.17) is 0 Å². The number of thioether (sulfide) groups is 1. The molecular formula is C9H14N2OS. The lowest BCUT2D eigenvalue weighted by Gasteiger charge is -2.19. The van der Waals surface area contributed by atoms with Gasteiger partial charge in [0.25, 0.3) is 0 Å². The summed E-state index contributed by atoms with van der Waals surface area (Å²) >= 11 is 1.83. The first-order valence-corrected chi connectivity index (χ1v) is 5.61. The maximum absolute atomic E-state index is 10.1. The molecule has 1 atom stereocenters. The second kappa shape index (κ2) is 3.35. The van der Waals surface area contributed by atoms with Crippen LogP contribution in [0.1, 0.15) is 12.0 Å².